The molecule has 1 fully saturated rings. The van der Waals surface area contributed by atoms with E-state index >= 15 is 0 Å². The van der Waals surface area contributed by atoms with Gasteiger partial charge in [-0.1, -0.05) is 38.1 Å². The molecule has 1 aliphatic rings. The van der Waals surface area contributed by atoms with E-state index in [1.165, 1.54) is 6.42 Å². The van der Waals surface area contributed by atoms with Crippen LogP contribution < -0.4 is 11.1 Å². The summed E-state index contributed by atoms with van der Waals surface area (Å²) < 4.78 is 0. The molecule has 5 heteroatoms. The third-order valence-corrected chi connectivity index (χ3v) is 4.62. The average molecular weight is 330 g/mol. The Hall–Kier alpha value is -1.88. The standard InChI is InChI=1S/C19H30N4O/c1-14(2)5-3-11-23-12-4-6-17(23)19(24)22-13-15-7-9-16(10-8-15)18(20)21/h7-10,14,17H,3-6,11-13H2,1-2H3,(H3,20,21)(H,22,24)/t17-/m0/s1. The van der Waals surface area contributed by atoms with Gasteiger partial charge in [0.1, 0.15) is 5.84 Å². The van der Waals surface area contributed by atoms with Gasteiger partial charge in [0.05, 0.1) is 6.04 Å². The van der Waals surface area contributed by atoms with Gasteiger partial charge < -0.3 is 11.1 Å². The van der Waals surface area contributed by atoms with Crippen LogP contribution in [-0.2, 0) is 11.3 Å². The molecule has 1 atom stereocenters. The van der Waals surface area contributed by atoms with Crippen molar-refractivity contribution in [3.8, 4) is 0 Å². The van der Waals surface area contributed by atoms with Crippen molar-refractivity contribution < 1.29 is 4.79 Å². The number of hydrogen-bond acceptors (Lipinski definition) is 3. The maximum atomic E-state index is 12.5. The summed E-state index contributed by atoms with van der Waals surface area (Å²) in [4.78, 5) is 14.8. The van der Waals surface area contributed by atoms with Gasteiger partial charge in [-0.05, 0) is 50.3 Å². The van der Waals surface area contributed by atoms with Gasteiger partial charge >= 0.3 is 0 Å². The second-order valence-corrected chi connectivity index (χ2v) is 7.06. The number of rotatable bonds is 8. The number of hydrogen-bond donors (Lipinski definition) is 3. The van der Waals surface area contributed by atoms with Crippen LogP contribution in [-0.4, -0.2) is 35.8 Å². The second-order valence-electron chi connectivity index (χ2n) is 7.06. The van der Waals surface area contributed by atoms with E-state index in [0.29, 0.717) is 12.1 Å². The number of amides is 1. The van der Waals surface area contributed by atoms with E-state index in [-0.39, 0.29) is 17.8 Å². The quantitative estimate of drug-likeness (QED) is 0.506. The molecule has 1 aromatic rings. The normalized spacial score (nSPS) is 18.0. The Morgan fingerprint density at radius 3 is 2.71 bits per heavy atom. The smallest absolute Gasteiger partial charge is 0.237 e. The van der Waals surface area contributed by atoms with Gasteiger partial charge in [0.15, 0.2) is 0 Å². The van der Waals surface area contributed by atoms with Gasteiger partial charge in [0.2, 0.25) is 5.91 Å². The van der Waals surface area contributed by atoms with Crippen LogP contribution in [0, 0.1) is 11.3 Å². The molecule has 0 radical (unpaired) electrons. The zero-order valence-corrected chi connectivity index (χ0v) is 14.8. The number of amidine groups is 1. The van der Waals surface area contributed by atoms with Crippen molar-refractivity contribution in [1.29, 1.82) is 5.41 Å². The fourth-order valence-corrected chi connectivity index (χ4v) is 3.20. The first kappa shape index (κ1) is 18.5. The van der Waals surface area contributed by atoms with Crippen LogP contribution in [0.15, 0.2) is 24.3 Å². The Morgan fingerprint density at radius 1 is 1.38 bits per heavy atom. The monoisotopic (exact) mass is 330 g/mol. The fourth-order valence-electron chi connectivity index (χ4n) is 3.20. The van der Waals surface area contributed by atoms with Crippen LogP contribution in [0.25, 0.3) is 0 Å². The highest BCUT2D eigenvalue weighted by molar-refractivity contribution is 5.94. The number of carbonyl (C=O) groups is 1. The summed E-state index contributed by atoms with van der Waals surface area (Å²) in [7, 11) is 0. The number of nitrogens with two attached hydrogens (primary N) is 1. The van der Waals surface area contributed by atoms with Crippen molar-refractivity contribution in [3.05, 3.63) is 35.4 Å². The molecule has 1 saturated heterocycles. The Bertz CT molecular complexity index is 553. The Morgan fingerprint density at radius 2 is 2.08 bits per heavy atom. The van der Waals surface area contributed by atoms with E-state index in [4.69, 9.17) is 11.1 Å². The van der Waals surface area contributed by atoms with Crippen LogP contribution in [0.5, 0.6) is 0 Å². The predicted octanol–water partition coefficient (Wildman–Crippen LogP) is 2.49. The van der Waals surface area contributed by atoms with Crippen LogP contribution in [0.3, 0.4) is 0 Å². The number of nitrogens with one attached hydrogen (secondary N) is 2. The minimum absolute atomic E-state index is 0.0219. The van der Waals surface area contributed by atoms with Crippen LogP contribution in [0.2, 0.25) is 0 Å². The zero-order chi connectivity index (χ0) is 17.5. The van der Waals surface area contributed by atoms with E-state index in [2.05, 4.69) is 24.1 Å². The molecule has 0 unspecified atom stereocenters. The van der Waals surface area contributed by atoms with Crippen molar-refractivity contribution in [2.45, 2.75) is 52.1 Å². The lowest BCUT2D eigenvalue weighted by molar-refractivity contribution is -0.125. The summed E-state index contributed by atoms with van der Waals surface area (Å²) in [6.45, 7) is 7.05. The molecule has 1 aromatic carbocycles. The van der Waals surface area contributed by atoms with Gasteiger partial charge in [0, 0.05) is 12.1 Å². The third-order valence-electron chi connectivity index (χ3n) is 4.62. The first-order chi connectivity index (χ1) is 11.5. The fraction of sp³-hybridized carbons (Fsp3) is 0.579. The molecule has 132 valence electrons. The summed E-state index contributed by atoms with van der Waals surface area (Å²) in [6, 6.07) is 7.47. The van der Waals surface area contributed by atoms with Crippen LogP contribution >= 0.6 is 0 Å². The number of benzene rings is 1. The van der Waals surface area contributed by atoms with Crippen molar-refractivity contribution >= 4 is 11.7 Å². The lowest BCUT2D eigenvalue weighted by Gasteiger charge is -2.24. The zero-order valence-electron chi connectivity index (χ0n) is 14.8. The summed E-state index contributed by atoms with van der Waals surface area (Å²) in [5, 5.41) is 10.4. The van der Waals surface area contributed by atoms with Gasteiger partial charge in [-0.25, -0.2) is 0 Å². The summed E-state index contributed by atoms with van der Waals surface area (Å²) in [5.74, 6) is 0.916. The van der Waals surface area contributed by atoms with Crippen molar-refractivity contribution in [1.82, 2.24) is 10.2 Å². The number of nitrogen functional groups attached to an aromatic ring is 1. The SMILES string of the molecule is CC(C)CCCN1CCC[C@H]1C(=O)NCc1ccc(C(=N)N)cc1. The van der Waals surface area contributed by atoms with Crippen molar-refractivity contribution in [2.75, 3.05) is 13.1 Å². The topological polar surface area (TPSA) is 82.2 Å². The van der Waals surface area contributed by atoms with E-state index in [1.54, 1.807) is 0 Å². The highest BCUT2D eigenvalue weighted by atomic mass is 16.2. The molecule has 1 heterocycles. The van der Waals surface area contributed by atoms with Crippen LogP contribution in [0.1, 0.15) is 50.7 Å². The predicted molar refractivity (Wildman–Crippen MR) is 98.0 cm³/mol. The molecule has 0 bridgehead atoms. The number of likely N-dealkylation sites (tertiary alicyclic amines) is 1. The van der Waals surface area contributed by atoms with Gasteiger partial charge in [-0.15, -0.1) is 0 Å². The Balaban J connectivity index is 1.81. The number of nitrogens with zero attached hydrogens (tertiary/aromatic N) is 1. The van der Waals surface area contributed by atoms with Gasteiger partial charge in [0.25, 0.3) is 0 Å². The molecule has 5 nitrogen and oxygen atoms in total. The summed E-state index contributed by atoms with van der Waals surface area (Å²) in [6.07, 6.45) is 4.44. The lowest BCUT2D eigenvalue weighted by atomic mass is 10.1. The summed E-state index contributed by atoms with van der Waals surface area (Å²) in [5.41, 5.74) is 7.18. The van der Waals surface area contributed by atoms with Crippen LogP contribution in [0.4, 0.5) is 0 Å². The van der Waals surface area contributed by atoms with E-state index in [1.807, 2.05) is 24.3 Å². The van der Waals surface area contributed by atoms with E-state index in [0.717, 1.165) is 43.8 Å². The first-order valence-electron chi connectivity index (χ1n) is 8.92. The molecule has 1 amide bonds. The maximum Gasteiger partial charge on any atom is 0.237 e. The molecule has 2 rings (SSSR count). The summed E-state index contributed by atoms with van der Waals surface area (Å²) >= 11 is 0. The second kappa shape index (κ2) is 8.83. The molecule has 24 heavy (non-hydrogen) atoms. The molecule has 0 aromatic heterocycles. The molecule has 4 N–H and O–H groups in total. The molecule has 1 aliphatic heterocycles. The highest BCUT2D eigenvalue weighted by Gasteiger charge is 2.29. The third kappa shape index (κ3) is 5.34. The van der Waals surface area contributed by atoms with Crippen molar-refractivity contribution in [3.63, 3.8) is 0 Å². The molecular formula is C19H30N4O. The minimum atomic E-state index is 0.0219. The Labute approximate surface area is 145 Å². The molecule has 0 aliphatic carbocycles. The lowest BCUT2D eigenvalue weighted by Crippen LogP contribution is -2.43. The average Bonchev–Trinajstić information content (AvgIpc) is 3.01. The van der Waals surface area contributed by atoms with Gasteiger partial charge in [-0.3, -0.25) is 15.1 Å². The molecule has 0 saturated carbocycles. The largest absolute Gasteiger partial charge is 0.384 e. The number of carbonyl (C=O) groups excluding carboxylic acids is 1. The molecular weight excluding hydrogens is 300 g/mol. The highest BCUT2D eigenvalue weighted by Crippen LogP contribution is 2.19. The Kier molecular flexibility index (Phi) is 6.79. The first-order valence-corrected chi connectivity index (χ1v) is 8.92. The maximum absolute atomic E-state index is 12.5. The van der Waals surface area contributed by atoms with E-state index in [9.17, 15) is 4.79 Å². The van der Waals surface area contributed by atoms with Gasteiger partial charge in [-0.2, -0.15) is 0 Å². The minimum Gasteiger partial charge on any atom is -0.384 e. The van der Waals surface area contributed by atoms with E-state index < -0.39 is 0 Å². The van der Waals surface area contributed by atoms with Crippen molar-refractivity contribution in [2.24, 2.45) is 11.7 Å². The molecule has 0 spiro atoms.